The molecule has 0 spiro atoms. The smallest absolute Gasteiger partial charge is 0.296 e. The van der Waals surface area contributed by atoms with Crippen LogP contribution in [0.3, 0.4) is 0 Å². The van der Waals surface area contributed by atoms with E-state index in [1.54, 1.807) is 0 Å². The van der Waals surface area contributed by atoms with Crippen molar-refractivity contribution in [2.24, 2.45) is 0 Å². The van der Waals surface area contributed by atoms with Gasteiger partial charge in [0.15, 0.2) is 4.90 Å². The lowest BCUT2D eigenvalue weighted by molar-refractivity contribution is -0.396. The maximum Gasteiger partial charge on any atom is 0.296 e. The van der Waals surface area contributed by atoms with E-state index in [2.05, 4.69) is 0 Å². The van der Waals surface area contributed by atoms with Crippen LogP contribution in [0.25, 0.3) is 0 Å². The van der Waals surface area contributed by atoms with Crippen molar-refractivity contribution in [3.63, 3.8) is 0 Å². The van der Waals surface area contributed by atoms with Crippen molar-refractivity contribution in [2.45, 2.75) is 4.90 Å². The van der Waals surface area contributed by atoms with Crippen molar-refractivity contribution in [3.8, 4) is 0 Å². The Hall–Kier alpha value is -2.11. The predicted octanol–water partition coefficient (Wildman–Crippen LogP) is -0.226. The maximum absolute atomic E-state index is 11.7. The molecule has 0 aliphatic carbocycles. The van der Waals surface area contributed by atoms with E-state index in [1.165, 1.54) is 0 Å². The average Bonchev–Trinajstić information content (AvgIpc) is 2.35. The van der Waals surface area contributed by atoms with Crippen LogP contribution in [0, 0.1) is 20.2 Å². The van der Waals surface area contributed by atoms with Gasteiger partial charge in [-0.3, -0.25) is 20.2 Å². The minimum Gasteiger partial charge on any atom is -0.395 e. The summed E-state index contributed by atoms with van der Waals surface area (Å²) < 4.78 is 25.3. The van der Waals surface area contributed by atoms with Crippen LogP contribution in [0.2, 0.25) is 0 Å². The van der Waals surface area contributed by atoms with E-state index >= 15 is 0 Å². The fourth-order valence-electron chi connectivity index (χ4n) is 1.25. The van der Waals surface area contributed by atoms with Gasteiger partial charge in [0.25, 0.3) is 11.4 Å². The number of nitro benzene ring substituents is 2. The van der Waals surface area contributed by atoms with E-state index in [0.29, 0.717) is 6.07 Å². The van der Waals surface area contributed by atoms with E-state index in [9.17, 15) is 28.6 Å². The van der Waals surface area contributed by atoms with E-state index in [1.807, 2.05) is 4.72 Å². The molecule has 1 rings (SSSR count). The average molecular weight is 291 g/mol. The molecule has 0 unspecified atom stereocenters. The second kappa shape index (κ2) is 5.69. The van der Waals surface area contributed by atoms with Gasteiger partial charge in [-0.2, -0.15) is 0 Å². The van der Waals surface area contributed by atoms with Gasteiger partial charge in [0.05, 0.1) is 22.5 Å². The fraction of sp³-hybridized carbons (Fsp3) is 0.250. The van der Waals surface area contributed by atoms with Crippen LogP contribution in [-0.4, -0.2) is 36.5 Å². The molecule has 19 heavy (non-hydrogen) atoms. The Morgan fingerprint density at radius 3 is 2.32 bits per heavy atom. The lowest BCUT2D eigenvalue weighted by Gasteiger charge is -2.05. The van der Waals surface area contributed by atoms with Gasteiger partial charge < -0.3 is 5.11 Å². The Balaban J connectivity index is 3.36. The molecule has 0 amide bonds. The first-order valence-corrected chi connectivity index (χ1v) is 6.31. The first-order chi connectivity index (χ1) is 8.79. The molecule has 0 aliphatic heterocycles. The van der Waals surface area contributed by atoms with Crippen molar-refractivity contribution < 1.29 is 23.4 Å². The number of nitrogens with one attached hydrogen (secondary N) is 1. The number of aliphatic hydroxyl groups excluding tert-OH is 1. The zero-order valence-electron chi connectivity index (χ0n) is 9.35. The third-order valence-electron chi connectivity index (χ3n) is 2.04. The normalized spacial score (nSPS) is 11.2. The Labute approximate surface area is 107 Å². The summed E-state index contributed by atoms with van der Waals surface area (Å²) in [5, 5.41) is 29.8. The highest BCUT2D eigenvalue weighted by Gasteiger charge is 2.28. The van der Waals surface area contributed by atoms with Gasteiger partial charge >= 0.3 is 0 Å². The number of rotatable bonds is 6. The number of benzene rings is 1. The molecule has 104 valence electrons. The molecule has 0 saturated heterocycles. The standard InChI is InChI=1S/C8H9N3O7S/c12-4-3-9-19(17,18)8-2-1-6(10(13)14)5-7(8)11(15)16/h1-2,5,9,12H,3-4H2. The monoisotopic (exact) mass is 291 g/mol. The second-order valence-electron chi connectivity index (χ2n) is 3.29. The molecule has 0 fully saturated rings. The predicted molar refractivity (Wildman–Crippen MR) is 62.0 cm³/mol. The van der Waals surface area contributed by atoms with Crippen LogP contribution < -0.4 is 4.72 Å². The number of non-ortho nitro benzene ring substituents is 1. The highest BCUT2D eigenvalue weighted by Crippen LogP contribution is 2.27. The summed E-state index contributed by atoms with van der Waals surface area (Å²) in [5.74, 6) is 0. The Morgan fingerprint density at radius 1 is 1.21 bits per heavy atom. The quantitative estimate of drug-likeness (QED) is 0.542. The van der Waals surface area contributed by atoms with Crippen LogP contribution in [0.5, 0.6) is 0 Å². The number of hydrogen-bond donors (Lipinski definition) is 2. The lowest BCUT2D eigenvalue weighted by atomic mass is 10.3. The van der Waals surface area contributed by atoms with Crippen LogP contribution >= 0.6 is 0 Å². The second-order valence-corrected chi connectivity index (χ2v) is 5.02. The number of nitro groups is 2. The maximum atomic E-state index is 11.7. The van der Waals surface area contributed by atoms with Crippen LogP contribution in [-0.2, 0) is 10.0 Å². The third-order valence-corrected chi connectivity index (χ3v) is 3.55. The summed E-state index contributed by atoms with van der Waals surface area (Å²) in [6, 6.07) is 2.18. The zero-order chi connectivity index (χ0) is 14.6. The molecular weight excluding hydrogens is 282 g/mol. The highest BCUT2D eigenvalue weighted by atomic mass is 32.2. The Kier molecular flexibility index (Phi) is 4.47. The minimum atomic E-state index is -4.21. The summed E-state index contributed by atoms with van der Waals surface area (Å²) in [7, 11) is -4.21. The molecule has 11 heteroatoms. The number of nitrogens with zero attached hydrogens (tertiary/aromatic N) is 2. The Bertz CT molecular complexity index is 613. The molecule has 1 aromatic carbocycles. The van der Waals surface area contributed by atoms with Crippen molar-refractivity contribution in [1.29, 1.82) is 0 Å². The third kappa shape index (κ3) is 3.43. The number of sulfonamides is 1. The molecule has 0 heterocycles. The summed E-state index contributed by atoms with van der Waals surface area (Å²) in [4.78, 5) is 18.7. The van der Waals surface area contributed by atoms with Gasteiger partial charge in [-0.25, -0.2) is 13.1 Å². The Morgan fingerprint density at radius 2 is 1.84 bits per heavy atom. The zero-order valence-corrected chi connectivity index (χ0v) is 10.2. The van der Waals surface area contributed by atoms with Gasteiger partial charge in [0, 0.05) is 12.6 Å². The highest BCUT2D eigenvalue weighted by molar-refractivity contribution is 7.89. The summed E-state index contributed by atoms with van der Waals surface area (Å²) in [5.41, 5.74) is -1.49. The fourth-order valence-corrected chi connectivity index (χ4v) is 2.42. The first-order valence-electron chi connectivity index (χ1n) is 4.83. The van der Waals surface area contributed by atoms with E-state index in [-0.39, 0.29) is 6.54 Å². The van der Waals surface area contributed by atoms with Gasteiger partial charge in [-0.05, 0) is 6.07 Å². The van der Waals surface area contributed by atoms with Gasteiger partial charge in [0.1, 0.15) is 0 Å². The van der Waals surface area contributed by atoms with Crippen molar-refractivity contribution in [2.75, 3.05) is 13.2 Å². The molecule has 0 radical (unpaired) electrons. The first kappa shape index (κ1) is 14.9. The lowest BCUT2D eigenvalue weighted by Crippen LogP contribution is -2.27. The molecule has 0 bridgehead atoms. The van der Waals surface area contributed by atoms with Gasteiger partial charge in [-0.15, -0.1) is 0 Å². The SMILES string of the molecule is O=[N+]([O-])c1ccc(S(=O)(=O)NCCO)c([N+](=O)[O-])c1. The van der Waals surface area contributed by atoms with Crippen LogP contribution in [0.15, 0.2) is 23.1 Å². The van der Waals surface area contributed by atoms with Crippen molar-refractivity contribution >= 4 is 21.4 Å². The summed E-state index contributed by atoms with van der Waals surface area (Å²) >= 11 is 0. The molecule has 2 N–H and O–H groups in total. The molecule has 1 aromatic rings. The summed E-state index contributed by atoms with van der Waals surface area (Å²) in [6.07, 6.45) is 0. The summed E-state index contributed by atoms with van der Waals surface area (Å²) in [6.45, 7) is -0.809. The molecule has 10 nitrogen and oxygen atoms in total. The molecule has 0 atom stereocenters. The molecule has 0 aliphatic rings. The van der Waals surface area contributed by atoms with Crippen molar-refractivity contribution in [3.05, 3.63) is 38.4 Å². The number of aliphatic hydroxyl groups is 1. The van der Waals surface area contributed by atoms with E-state index in [4.69, 9.17) is 5.11 Å². The van der Waals surface area contributed by atoms with Crippen molar-refractivity contribution in [1.82, 2.24) is 4.72 Å². The minimum absolute atomic E-state index is 0.323. The molecule has 0 aromatic heterocycles. The molecular formula is C8H9N3O7S. The molecule has 0 saturated carbocycles. The largest absolute Gasteiger partial charge is 0.395 e. The van der Waals surface area contributed by atoms with E-state index < -0.39 is 42.7 Å². The van der Waals surface area contributed by atoms with Crippen LogP contribution in [0.1, 0.15) is 0 Å². The van der Waals surface area contributed by atoms with Gasteiger partial charge in [-0.1, -0.05) is 0 Å². The van der Waals surface area contributed by atoms with Crippen LogP contribution in [0.4, 0.5) is 11.4 Å². The topological polar surface area (TPSA) is 153 Å². The number of hydrogen-bond acceptors (Lipinski definition) is 7. The van der Waals surface area contributed by atoms with Gasteiger partial charge in [0.2, 0.25) is 10.0 Å². The van der Waals surface area contributed by atoms with E-state index in [0.717, 1.165) is 12.1 Å².